The first-order chi connectivity index (χ1) is 6.63. The molecule has 1 aromatic rings. The van der Waals surface area contributed by atoms with Crippen LogP contribution in [0.15, 0.2) is 18.2 Å². The van der Waals surface area contributed by atoms with E-state index in [1.807, 2.05) is 19.2 Å². The van der Waals surface area contributed by atoms with E-state index in [2.05, 4.69) is 23.7 Å². The van der Waals surface area contributed by atoms with E-state index in [1.54, 1.807) is 6.07 Å². The van der Waals surface area contributed by atoms with Gasteiger partial charge in [0.25, 0.3) is 0 Å². The van der Waals surface area contributed by atoms with E-state index in [-0.39, 0.29) is 0 Å². The van der Waals surface area contributed by atoms with Crippen LogP contribution in [-0.2, 0) is 0 Å². The third-order valence-electron chi connectivity index (χ3n) is 2.37. The lowest BCUT2D eigenvalue weighted by Gasteiger charge is -2.21. The number of rotatable bonds is 4. The van der Waals surface area contributed by atoms with Gasteiger partial charge in [0.2, 0.25) is 0 Å². The Morgan fingerprint density at radius 2 is 2.21 bits per heavy atom. The first kappa shape index (κ1) is 11.3. The topological polar surface area (TPSA) is 16.1 Å². The zero-order chi connectivity index (χ0) is 10.6. The minimum atomic E-state index is 0.554. The Morgan fingerprint density at radius 3 is 2.79 bits per heavy atom. The minimum Gasteiger partial charge on any atom is -0.359 e. The summed E-state index contributed by atoms with van der Waals surface area (Å²) >= 11 is 5.82. The molecule has 78 valence electrons. The first-order valence-electron chi connectivity index (χ1n) is 4.97. The molecule has 0 saturated carbocycles. The molecular formula is C11H17ClN2. The molecule has 1 aromatic heterocycles. The Morgan fingerprint density at radius 1 is 1.50 bits per heavy atom. The van der Waals surface area contributed by atoms with Crippen LogP contribution < -0.4 is 4.90 Å². The van der Waals surface area contributed by atoms with E-state index in [0.29, 0.717) is 11.1 Å². The van der Waals surface area contributed by atoms with Crippen LogP contribution in [-0.4, -0.2) is 18.6 Å². The predicted octanol–water partition coefficient (Wildman–Crippen LogP) is 3.22. The number of halogens is 1. The molecule has 1 unspecified atom stereocenters. The fourth-order valence-electron chi connectivity index (χ4n) is 1.30. The third kappa shape index (κ3) is 3.18. The maximum atomic E-state index is 5.82. The molecule has 0 aromatic carbocycles. The van der Waals surface area contributed by atoms with Crippen LogP contribution in [0.5, 0.6) is 0 Å². The SMILES string of the molecule is CCC(C)CN(C)c1cccc(Cl)n1. The summed E-state index contributed by atoms with van der Waals surface area (Å²) in [5.74, 6) is 1.62. The molecule has 0 amide bonds. The highest BCUT2D eigenvalue weighted by Gasteiger charge is 2.06. The molecule has 1 rings (SSSR count). The first-order valence-corrected chi connectivity index (χ1v) is 5.35. The van der Waals surface area contributed by atoms with E-state index in [0.717, 1.165) is 12.4 Å². The molecule has 0 aliphatic rings. The van der Waals surface area contributed by atoms with Crippen LogP contribution in [0.4, 0.5) is 5.82 Å². The van der Waals surface area contributed by atoms with Crippen molar-refractivity contribution in [2.75, 3.05) is 18.5 Å². The lowest BCUT2D eigenvalue weighted by molar-refractivity contribution is 0.558. The van der Waals surface area contributed by atoms with Crippen molar-refractivity contribution in [2.45, 2.75) is 20.3 Å². The molecule has 0 saturated heterocycles. The Kier molecular flexibility index (Phi) is 4.21. The fourth-order valence-corrected chi connectivity index (χ4v) is 1.46. The van der Waals surface area contributed by atoms with Gasteiger partial charge in [-0.2, -0.15) is 0 Å². The van der Waals surface area contributed by atoms with Crippen LogP contribution in [0.25, 0.3) is 0 Å². The van der Waals surface area contributed by atoms with Crippen molar-refractivity contribution in [2.24, 2.45) is 5.92 Å². The van der Waals surface area contributed by atoms with Gasteiger partial charge >= 0.3 is 0 Å². The van der Waals surface area contributed by atoms with Crippen molar-refractivity contribution in [1.29, 1.82) is 0 Å². The molecule has 0 bridgehead atoms. The number of nitrogens with zero attached hydrogens (tertiary/aromatic N) is 2. The lowest BCUT2D eigenvalue weighted by Crippen LogP contribution is -2.24. The van der Waals surface area contributed by atoms with Crippen molar-refractivity contribution < 1.29 is 0 Å². The van der Waals surface area contributed by atoms with E-state index in [4.69, 9.17) is 11.6 Å². The molecule has 0 radical (unpaired) electrons. The Labute approximate surface area is 90.9 Å². The summed E-state index contributed by atoms with van der Waals surface area (Å²) in [5, 5.41) is 0.554. The number of aromatic nitrogens is 1. The van der Waals surface area contributed by atoms with Crippen LogP contribution in [0.2, 0.25) is 5.15 Å². The number of hydrogen-bond donors (Lipinski definition) is 0. The van der Waals surface area contributed by atoms with Gasteiger partial charge < -0.3 is 4.90 Å². The standard InChI is InChI=1S/C11H17ClN2/c1-4-9(2)8-14(3)11-7-5-6-10(12)13-11/h5-7,9H,4,8H2,1-3H3. The maximum Gasteiger partial charge on any atom is 0.131 e. The molecule has 0 aliphatic heterocycles. The Balaban J connectivity index is 2.64. The second-order valence-electron chi connectivity index (χ2n) is 3.71. The average Bonchev–Trinajstić information content (AvgIpc) is 2.17. The number of hydrogen-bond acceptors (Lipinski definition) is 2. The summed E-state index contributed by atoms with van der Waals surface area (Å²) in [6.07, 6.45) is 1.19. The van der Waals surface area contributed by atoms with Gasteiger partial charge in [-0.05, 0) is 18.1 Å². The van der Waals surface area contributed by atoms with Gasteiger partial charge in [-0.25, -0.2) is 4.98 Å². The molecule has 0 N–H and O–H groups in total. The van der Waals surface area contributed by atoms with Gasteiger partial charge in [-0.1, -0.05) is 37.9 Å². The zero-order valence-corrected chi connectivity index (χ0v) is 9.75. The molecule has 0 spiro atoms. The van der Waals surface area contributed by atoms with Crippen molar-refractivity contribution >= 4 is 17.4 Å². The zero-order valence-electron chi connectivity index (χ0n) is 9.00. The number of pyridine rings is 1. The van der Waals surface area contributed by atoms with Gasteiger partial charge in [0.15, 0.2) is 0 Å². The predicted molar refractivity (Wildman–Crippen MR) is 62.0 cm³/mol. The average molecular weight is 213 g/mol. The molecule has 1 heterocycles. The summed E-state index contributed by atoms with van der Waals surface area (Å²) in [6.45, 7) is 5.45. The third-order valence-corrected chi connectivity index (χ3v) is 2.58. The monoisotopic (exact) mass is 212 g/mol. The van der Waals surface area contributed by atoms with E-state index >= 15 is 0 Å². The van der Waals surface area contributed by atoms with Crippen molar-refractivity contribution in [3.63, 3.8) is 0 Å². The summed E-state index contributed by atoms with van der Waals surface area (Å²) < 4.78 is 0. The van der Waals surface area contributed by atoms with Gasteiger partial charge in [0.05, 0.1) is 0 Å². The second kappa shape index (κ2) is 5.20. The highest BCUT2D eigenvalue weighted by molar-refractivity contribution is 6.29. The van der Waals surface area contributed by atoms with Gasteiger partial charge in [-0.15, -0.1) is 0 Å². The molecule has 2 nitrogen and oxygen atoms in total. The summed E-state index contributed by atoms with van der Waals surface area (Å²) in [7, 11) is 2.05. The normalized spacial score (nSPS) is 12.6. The summed E-state index contributed by atoms with van der Waals surface area (Å²) in [6, 6.07) is 5.70. The molecule has 14 heavy (non-hydrogen) atoms. The quantitative estimate of drug-likeness (QED) is 0.713. The van der Waals surface area contributed by atoms with E-state index < -0.39 is 0 Å². The summed E-state index contributed by atoms with van der Waals surface area (Å²) in [4.78, 5) is 6.39. The molecular weight excluding hydrogens is 196 g/mol. The minimum absolute atomic E-state index is 0.554. The van der Waals surface area contributed by atoms with Crippen LogP contribution >= 0.6 is 11.6 Å². The molecule has 0 fully saturated rings. The Hall–Kier alpha value is -0.760. The van der Waals surface area contributed by atoms with Crippen molar-refractivity contribution in [1.82, 2.24) is 4.98 Å². The number of anilines is 1. The van der Waals surface area contributed by atoms with Gasteiger partial charge in [0.1, 0.15) is 11.0 Å². The fraction of sp³-hybridized carbons (Fsp3) is 0.545. The van der Waals surface area contributed by atoms with Crippen LogP contribution in [0.1, 0.15) is 20.3 Å². The van der Waals surface area contributed by atoms with Gasteiger partial charge in [-0.3, -0.25) is 0 Å². The highest BCUT2D eigenvalue weighted by Crippen LogP contribution is 2.14. The summed E-state index contributed by atoms with van der Waals surface area (Å²) in [5.41, 5.74) is 0. The largest absolute Gasteiger partial charge is 0.359 e. The second-order valence-corrected chi connectivity index (χ2v) is 4.10. The molecule has 0 aliphatic carbocycles. The smallest absolute Gasteiger partial charge is 0.131 e. The van der Waals surface area contributed by atoms with Crippen molar-refractivity contribution in [3.8, 4) is 0 Å². The lowest BCUT2D eigenvalue weighted by atomic mass is 10.1. The Bertz CT molecular complexity index is 288. The maximum absolute atomic E-state index is 5.82. The molecule has 1 atom stereocenters. The van der Waals surface area contributed by atoms with Gasteiger partial charge in [0, 0.05) is 13.6 Å². The molecule has 3 heteroatoms. The van der Waals surface area contributed by atoms with Crippen LogP contribution in [0, 0.1) is 5.92 Å². The van der Waals surface area contributed by atoms with Crippen molar-refractivity contribution in [3.05, 3.63) is 23.4 Å². The van der Waals surface area contributed by atoms with E-state index in [9.17, 15) is 0 Å². The highest BCUT2D eigenvalue weighted by atomic mass is 35.5. The van der Waals surface area contributed by atoms with E-state index in [1.165, 1.54) is 6.42 Å². The van der Waals surface area contributed by atoms with Crippen LogP contribution in [0.3, 0.4) is 0 Å².